The normalized spacial score (nSPS) is 10.5. The summed E-state index contributed by atoms with van der Waals surface area (Å²) in [6, 6.07) is 13.5. The number of hydrogen-bond acceptors (Lipinski definition) is 10. The third-order valence-electron chi connectivity index (χ3n) is 7.34. The van der Waals surface area contributed by atoms with Gasteiger partial charge < -0.3 is 28.4 Å². The highest BCUT2D eigenvalue weighted by molar-refractivity contribution is 5.92. The van der Waals surface area contributed by atoms with Gasteiger partial charge in [-0.25, -0.2) is 28.0 Å². The van der Waals surface area contributed by atoms with Gasteiger partial charge in [-0.3, -0.25) is 0 Å². The SMILES string of the molecule is C=C(C)C(=O)OCCCCCCOc1ccc(C(=O)Oc2cc(F)c(OC(=O)c3ccc(OCCCCCCOC(=O)C(=C)C)cc3)c(F)c2)cc1. The fourth-order valence-corrected chi connectivity index (χ4v) is 4.46. The third kappa shape index (κ3) is 14.4. The highest BCUT2D eigenvalue weighted by Gasteiger charge is 2.20. The highest BCUT2D eigenvalue weighted by Crippen LogP contribution is 2.29. The molecular formula is C40H44F2O10. The van der Waals surface area contributed by atoms with Crippen LogP contribution in [0.1, 0.15) is 85.9 Å². The van der Waals surface area contributed by atoms with Gasteiger partial charge in [0.2, 0.25) is 5.75 Å². The first-order chi connectivity index (χ1) is 24.9. The summed E-state index contributed by atoms with van der Waals surface area (Å²) in [6.07, 6.45) is 6.51. The Balaban J connectivity index is 1.38. The molecule has 0 aromatic heterocycles. The molecule has 0 aliphatic rings. The quantitative estimate of drug-likeness (QED) is 0.0432. The molecule has 0 spiro atoms. The van der Waals surface area contributed by atoms with Crippen molar-refractivity contribution in [3.8, 4) is 23.0 Å². The van der Waals surface area contributed by atoms with Crippen molar-refractivity contribution in [3.63, 3.8) is 0 Å². The van der Waals surface area contributed by atoms with Crippen LogP contribution in [0, 0.1) is 11.6 Å². The Hall–Kier alpha value is -5.52. The van der Waals surface area contributed by atoms with Crippen LogP contribution in [0.3, 0.4) is 0 Å². The predicted molar refractivity (Wildman–Crippen MR) is 189 cm³/mol. The van der Waals surface area contributed by atoms with Crippen molar-refractivity contribution in [1.82, 2.24) is 0 Å². The molecule has 52 heavy (non-hydrogen) atoms. The van der Waals surface area contributed by atoms with E-state index in [1.807, 2.05) is 0 Å². The average molecular weight is 723 g/mol. The summed E-state index contributed by atoms with van der Waals surface area (Å²) >= 11 is 0. The van der Waals surface area contributed by atoms with Crippen LogP contribution in [0.15, 0.2) is 85.0 Å². The first-order valence-electron chi connectivity index (χ1n) is 17.0. The third-order valence-corrected chi connectivity index (χ3v) is 7.34. The molecule has 0 atom stereocenters. The van der Waals surface area contributed by atoms with Crippen LogP contribution in [0.4, 0.5) is 8.78 Å². The molecule has 0 N–H and O–H groups in total. The lowest BCUT2D eigenvalue weighted by molar-refractivity contribution is -0.139. The van der Waals surface area contributed by atoms with Crippen LogP contribution in [-0.2, 0) is 19.1 Å². The topological polar surface area (TPSA) is 124 Å². The van der Waals surface area contributed by atoms with Crippen LogP contribution in [0.2, 0.25) is 0 Å². The number of halogens is 2. The number of rotatable bonds is 22. The lowest BCUT2D eigenvalue weighted by atomic mass is 10.2. The van der Waals surface area contributed by atoms with Gasteiger partial charge in [0.05, 0.1) is 37.6 Å². The minimum atomic E-state index is -1.23. The number of hydrogen-bond donors (Lipinski definition) is 0. The van der Waals surface area contributed by atoms with Crippen LogP contribution < -0.4 is 18.9 Å². The summed E-state index contributed by atoms with van der Waals surface area (Å²) in [6.45, 7) is 11.8. The average Bonchev–Trinajstić information content (AvgIpc) is 3.12. The second kappa shape index (κ2) is 21.6. The maximum atomic E-state index is 14.8. The zero-order valence-electron chi connectivity index (χ0n) is 29.5. The molecular weight excluding hydrogens is 678 g/mol. The number of benzene rings is 3. The zero-order valence-corrected chi connectivity index (χ0v) is 29.5. The van der Waals surface area contributed by atoms with Gasteiger partial charge in [-0.05, 0) is 114 Å². The van der Waals surface area contributed by atoms with Gasteiger partial charge in [-0.15, -0.1) is 0 Å². The van der Waals surface area contributed by atoms with Crippen molar-refractivity contribution in [1.29, 1.82) is 0 Å². The molecule has 3 rings (SSSR count). The van der Waals surface area contributed by atoms with Gasteiger partial charge in [-0.2, -0.15) is 0 Å². The van der Waals surface area contributed by atoms with E-state index >= 15 is 0 Å². The molecule has 0 heterocycles. The van der Waals surface area contributed by atoms with Crippen molar-refractivity contribution >= 4 is 23.9 Å². The van der Waals surface area contributed by atoms with Gasteiger partial charge in [0.15, 0.2) is 11.6 Å². The van der Waals surface area contributed by atoms with Gasteiger partial charge >= 0.3 is 23.9 Å². The van der Waals surface area contributed by atoms with Crippen molar-refractivity contribution in [2.45, 2.75) is 65.2 Å². The van der Waals surface area contributed by atoms with Crippen LogP contribution >= 0.6 is 0 Å². The fraction of sp³-hybridized carbons (Fsp3) is 0.350. The second-order valence-electron chi connectivity index (χ2n) is 11.9. The summed E-state index contributed by atoms with van der Waals surface area (Å²) in [4.78, 5) is 47.9. The van der Waals surface area contributed by atoms with Gasteiger partial charge in [0, 0.05) is 23.3 Å². The minimum Gasteiger partial charge on any atom is -0.494 e. The minimum absolute atomic E-state index is 0.0391. The Morgan fingerprint density at radius 2 is 0.885 bits per heavy atom. The molecule has 0 unspecified atom stereocenters. The van der Waals surface area contributed by atoms with Crippen molar-refractivity contribution in [2.24, 2.45) is 0 Å². The van der Waals surface area contributed by atoms with E-state index in [9.17, 15) is 28.0 Å². The monoisotopic (exact) mass is 722 g/mol. The van der Waals surface area contributed by atoms with Crippen LogP contribution in [-0.4, -0.2) is 50.3 Å². The van der Waals surface area contributed by atoms with Gasteiger partial charge in [0.1, 0.15) is 17.2 Å². The second-order valence-corrected chi connectivity index (χ2v) is 11.9. The van der Waals surface area contributed by atoms with E-state index in [2.05, 4.69) is 13.2 Å². The first-order valence-corrected chi connectivity index (χ1v) is 17.0. The molecule has 0 aliphatic carbocycles. The molecule has 10 nitrogen and oxygen atoms in total. The lowest BCUT2D eigenvalue weighted by Gasteiger charge is -2.11. The summed E-state index contributed by atoms with van der Waals surface area (Å²) < 4.78 is 61.2. The van der Waals surface area contributed by atoms with Crippen LogP contribution in [0.5, 0.6) is 23.0 Å². The molecule has 0 radical (unpaired) electrons. The Labute approximate surface area is 302 Å². The fourth-order valence-electron chi connectivity index (χ4n) is 4.46. The summed E-state index contributed by atoms with van der Waals surface area (Å²) in [5, 5.41) is 0. The highest BCUT2D eigenvalue weighted by atomic mass is 19.1. The summed E-state index contributed by atoms with van der Waals surface area (Å²) in [5.41, 5.74) is 0.900. The standard InChI is InChI=1S/C40H44F2O10/c1-27(2)37(43)49-23-11-7-5-9-21-47-31-17-13-29(14-18-31)39(45)51-33-25-34(41)36(35(42)26-33)52-40(46)30-15-19-32(20-16-30)48-22-10-6-8-12-24-50-38(44)28(3)4/h13-20,25-26H,1,3,5-12,21-24H2,2,4H3. The number of ether oxygens (including phenoxy) is 6. The van der Waals surface area contributed by atoms with E-state index in [0.29, 0.717) is 49.1 Å². The molecule has 0 amide bonds. The molecule has 278 valence electrons. The van der Waals surface area contributed by atoms with E-state index in [0.717, 1.165) is 63.5 Å². The maximum absolute atomic E-state index is 14.8. The molecule has 12 heteroatoms. The Morgan fingerprint density at radius 1 is 0.519 bits per heavy atom. The van der Waals surface area contributed by atoms with Gasteiger partial charge in [-0.1, -0.05) is 13.2 Å². The molecule has 3 aromatic carbocycles. The molecule has 0 aliphatic heterocycles. The first kappa shape index (κ1) is 40.9. The Bertz CT molecular complexity index is 1660. The van der Waals surface area contributed by atoms with E-state index in [-0.39, 0.29) is 11.1 Å². The van der Waals surface area contributed by atoms with E-state index in [4.69, 9.17) is 28.4 Å². The number of unbranched alkanes of at least 4 members (excludes halogenated alkanes) is 6. The van der Waals surface area contributed by atoms with Crippen molar-refractivity contribution in [2.75, 3.05) is 26.4 Å². The Morgan fingerprint density at radius 3 is 1.27 bits per heavy atom. The van der Waals surface area contributed by atoms with E-state index < -0.39 is 47.0 Å². The van der Waals surface area contributed by atoms with Crippen LogP contribution in [0.25, 0.3) is 0 Å². The Kier molecular flexibility index (Phi) is 17.0. The van der Waals surface area contributed by atoms with E-state index in [1.165, 1.54) is 24.3 Å². The number of carbonyl (C=O) groups is 4. The van der Waals surface area contributed by atoms with Gasteiger partial charge in [0.25, 0.3) is 0 Å². The summed E-state index contributed by atoms with van der Waals surface area (Å²) in [7, 11) is 0. The smallest absolute Gasteiger partial charge is 0.343 e. The lowest BCUT2D eigenvalue weighted by Crippen LogP contribution is -2.12. The molecule has 0 saturated heterocycles. The maximum Gasteiger partial charge on any atom is 0.343 e. The molecule has 3 aromatic rings. The van der Waals surface area contributed by atoms with E-state index in [1.54, 1.807) is 38.1 Å². The predicted octanol–water partition coefficient (Wildman–Crippen LogP) is 8.52. The number of esters is 4. The molecule has 0 bridgehead atoms. The van der Waals surface area contributed by atoms with Crippen molar-refractivity contribution < 1.29 is 56.4 Å². The molecule has 0 fully saturated rings. The molecule has 0 saturated carbocycles. The van der Waals surface area contributed by atoms with Crippen molar-refractivity contribution in [3.05, 3.63) is 108 Å². The largest absolute Gasteiger partial charge is 0.494 e. The summed E-state index contributed by atoms with van der Waals surface area (Å²) in [5.74, 6) is -5.43. The zero-order chi connectivity index (χ0) is 37.9. The number of carbonyl (C=O) groups excluding carboxylic acids is 4.